The molecule has 1 rings (SSSR count). The summed E-state index contributed by atoms with van der Waals surface area (Å²) >= 11 is 0. The Morgan fingerprint density at radius 2 is 2.47 bits per heavy atom. The molecular weight excluding hydrogens is 194 g/mol. The summed E-state index contributed by atoms with van der Waals surface area (Å²) in [5.41, 5.74) is 0. The molecule has 0 saturated heterocycles. The number of rotatable bonds is 7. The van der Waals surface area contributed by atoms with E-state index in [0.29, 0.717) is 13.0 Å². The van der Waals surface area contributed by atoms with Crippen LogP contribution in [0.5, 0.6) is 0 Å². The van der Waals surface area contributed by atoms with Gasteiger partial charge >= 0.3 is 5.97 Å². The van der Waals surface area contributed by atoms with Gasteiger partial charge in [0.2, 0.25) is 0 Å². The molecule has 15 heavy (non-hydrogen) atoms. The Bertz CT molecular complexity index is 285. The highest BCUT2D eigenvalue weighted by Gasteiger charge is 2.12. The number of nitrogens with one attached hydrogen (secondary N) is 1. The fourth-order valence-electron chi connectivity index (χ4n) is 1.36. The van der Waals surface area contributed by atoms with Gasteiger partial charge in [0.25, 0.3) is 0 Å². The second kappa shape index (κ2) is 6.19. The van der Waals surface area contributed by atoms with Crippen LogP contribution in [0.2, 0.25) is 0 Å². The second-order valence-corrected chi connectivity index (χ2v) is 3.38. The quantitative estimate of drug-likeness (QED) is 0.652. The van der Waals surface area contributed by atoms with Crippen molar-refractivity contribution in [1.82, 2.24) is 15.1 Å². The molecule has 0 aliphatic carbocycles. The van der Waals surface area contributed by atoms with Gasteiger partial charge in [-0.1, -0.05) is 6.92 Å². The molecule has 0 bridgehead atoms. The molecule has 5 heteroatoms. The molecule has 0 radical (unpaired) electrons. The van der Waals surface area contributed by atoms with Crippen LogP contribution in [0, 0.1) is 0 Å². The molecule has 0 fully saturated rings. The summed E-state index contributed by atoms with van der Waals surface area (Å²) in [7, 11) is 0. The van der Waals surface area contributed by atoms with Crippen LogP contribution in [-0.4, -0.2) is 33.4 Å². The third kappa shape index (κ3) is 4.12. The Morgan fingerprint density at radius 3 is 3.00 bits per heavy atom. The van der Waals surface area contributed by atoms with Crippen LogP contribution in [0.1, 0.15) is 19.8 Å². The smallest absolute Gasteiger partial charge is 0.320 e. The fourth-order valence-corrected chi connectivity index (χ4v) is 1.36. The molecule has 0 aromatic carbocycles. The largest absolute Gasteiger partial charge is 0.480 e. The lowest BCUT2D eigenvalue weighted by atomic mass is 10.2. The van der Waals surface area contributed by atoms with E-state index in [-0.39, 0.29) is 0 Å². The van der Waals surface area contributed by atoms with E-state index >= 15 is 0 Å². The maximum absolute atomic E-state index is 10.7. The highest BCUT2D eigenvalue weighted by molar-refractivity contribution is 5.73. The molecule has 2 N–H and O–H groups in total. The predicted octanol–water partition coefficient (Wildman–Crippen LogP) is 0.726. The molecule has 1 aromatic heterocycles. The van der Waals surface area contributed by atoms with Gasteiger partial charge in [-0.05, 0) is 25.5 Å². The van der Waals surface area contributed by atoms with Gasteiger partial charge in [0.05, 0.1) is 0 Å². The van der Waals surface area contributed by atoms with Crippen molar-refractivity contribution < 1.29 is 9.90 Å². The fraction of sp³-hybridized carbons (Fsp3) is 0.600. The van der Waals surface area contributed by atoms with Crippen molar-refractivity contribution in [3.63, 3.8) is 0 Å². The average Bonchev–Trinajstić information content (AvgIpc) is 2.70. The van der Waals surface area contributed by atoms with Gasteiger partial charge in [0.15, 0.2) is 0 Å². The number of aromatic nitrogens is 2. The van der Waals surface area contributed by atoms with Crippen LogP contribution in [0.15, 0.2) is 18.5 Å². The third-order valence-electron chi connectivity index (χ3n) is 2.22. The molecule has 0 spiro atoms. The number of hydrogen-bond donors (Lipinski definition) is 2. The van der Waals surface area contributed by atoms with Crippen molar-refractivity contribution in [2.75, 3.05) is 6.54 Å². The van der Waals surface area contributed by atoms with Crippen LogP contribution < -0.4 is 5.32 Å². The highest BCUT2D eigenvalue weighted by atomic mass is 16.4. The van der Waals surface area contributed by atoms with Crippen LogP contribution in [0.4, 0.5) is 0 Å². The van der Waals surface area contributed by atoms with Crippen molar-refractivity contribution in [3.05, 3.63) is 18.5 Å². The molecule has 84 valence electrons. The van der Waals surface area contributed by atoms with E-state index < -0.39 is 12.0 Å². The SMILES string of the molecule is CCC(NCCCn1cccn1)C(=O)O. The molecule has 0 amide bonds. The van der Waals surface area contributed by atoms with Crippen LogP contribution >= 0.6 is 0 Å². The van der Waals surface area contributed by atoms with Crippen LogP contribution in [-0.2, 0) is 11.3 Å². The number of nitrogens with zero attached hydrogens (tertiary/aromatic N) is 2. The first-order chi connectivity index (χ1) is 7.24. The van der Waals surface area contributed by atoms with E-state index in [1.165, 1.54) is 0 Å². The summed E-state index contributed by atoms with van der Waals surface area (Å²) in [4.78, 5) is 10.7. The van der Waals surface area contributed by atoms with Gasteiger partial charge in [-0.25, -0.2) is 0 Å². The zero-order chi connectivity index (χ0) is 11.1. The zero-order valence-electron chi connectivity index (χ0n) is 8.89. The Balaban J connectivity index is 2.13. The van der Waals surface area contributed by atoms with Crippen molar-refractivity contribution in [2.45, 2.75) is 32.4 Å². The Morgan fingerprint density at radius 1 is 1.67 bits per heavy atom. The summed E-state index contributed by atoms with van der Waals surface area (Å²) < 4.78 is 1.84. The van der Waals surface area contributed by atoms with E-state index in [4.69, 9.17) is 5.11 Å². The van der Waals surface area contributed by atoms with Gasteiger partial charge in [-0.3, -0.25) is 9.48 Å². The van der Waals surface area contributed by atoms with Crippen LogP contribution in [0.25, 0.3) is 0 Å². The number of aliphatic carboxylic acids is 1. The second-order valence-electron chi connectivity index (χ2n) is 3.38. The minimum Gasteiger partial charge on any atom is -0.480 e. The van der Waals surface area contributed by atoms with Gasteiger partial charge in [-0.15, -0.1) is 0 Å². The van der Waals surface area contributed by atoms with E-state index in [2.05, 4.69) is 10.4 Å². The van der Waals surface area contributed by atoms with E-state index in [0.717, 1.165) is 13.0 Å². The van der Waals surface area contributed by atoms with Crippen molar-refractivity contribution in [1.29, 1.82) is 0 Å². The highest BCUT2D eigenvalue weighted by Crippen LogP contribution is 1.93. The third-order valence-corrected chi connectivity index (χ3v) is 2.22. The predicted molar refractivity (Wildman–Crippen MR) is 56.6 cm³/mol. The Hall–Kier alpha value is -1.36. The first kappa shape index (κ1) is 11.7. The molecule has 0 saturated carbocycles. The summed E-state index contributed by atoms with van der Waals surface area (Å²) in [5.74, 6) is -0.781. The standard InChI is InChI=1S/C10H17N3O2/c1-2-9(10(14)15)11-5-3-7-13-8-4-6-12-13/h4,6,8-9,11H,2-3,5,7H2,1H3,(H,14,15). The van der Waals surface area contributed by atoms with E-state index in [9.17, 15) is 4.79 Å². The number of carbonyl (C=O) groups is 1. The molecule has 0 aliphatic rings. The van der Waals surface area contributed by atoms with Gasteiger partial charge in [0.1, 0.15) is 6.04 Å². The van der Waals surface area contributed by atoms with Crippen molar-refractivity contribution in [2.24, 2.45) is 0 Å². The molecule has 1 heterocycles. The minimum atomic E-state index is -0.781. The number of aryl methyl sites for hydroxylation is 1. The van der Waals surface area contributed by atoms with Gasteiger partial charge in [0, 0.05) is 18.9 Å². The summed E-state index contributed by atoms with van der Waals surface area (Å²) in [6.45, 7) is 3.38. The van der Waals surface area contributed by atoms with E-state index in [1.807, 2.05) is 23.9 Å². The maximum atomic E-state index is 10.7. The normalized spacial score (nSPS) is 12.6. The molecule has 1 atom stereocenters. The van der Waals surface area contributed by atoms with Crippen molar-refractivity contribution in [3.8, 4) is 0 Å². The number of carboxylic acids is 1. The molecular formula is C10H17N3O2. The topological polar surface area (TPSA) is 67.2 Å². The monoisotopic (exact) mass is 211 g/mol. The summed E-state index contributed by atoms with van der Waals surface area (Å²) in [6.07, 6.45) is 5.12. The lowest BCUT2D eigenvalue weighted by molar-refractivity contribution is -0.139. The average molecular weight is 211 g/mol. The van der Waals surface area contributed by atoms with Gasteiger partial charge in [-0.2, -0.15) is 5.10 Å². The number of hydrogen-bond acceptors (Lipinski definition) is 3. The summed E-state index contributed by atoms with van der Waals surface area (Å²) in [5, 5.41) is 15.8. The first-order valence-corrected chi connectivity index (χ1v) is 5.17. The molecule has 1 unspecified atom stereocenters. The molecule has 5 nitrogen and oxygen atoms in total. The first-order valence-electron chi connectivity index (χ1n) is 5.17. The summed E-state index contributed by atoms with van der Waals surface area (Å²) in [6, 6.07) is 1.45. The zero-order valence-corrected chi connectivity index (χ0v) is 8.89. The molecule has 0 aliphatic heterocycles. The number of carboxylic acid groups (broad SMARTS) is 1. The van der Waals surface area contributed by atoms with E-state index in [1.54, 1.807) is 6.20 Å². The van der Waals surface area contributed by atoms with Crippen LogP contribution in [0.3, 0.4) is 0 Å². The lowest BCUT2D eigenvalue weighted by Gasteiger charge is -2.11. The lowest BCUT2D eigenvalue weighted by Crippen LogP contribution is -2.36. The van der Waals surface area contributed by atoms with Crippen molar-refractivity contribution >= 4 is 5.97 Å². The minimum absolute atomic E-state index is 0.428. The van der Waals surface area contributed by atoms with Gasteiger partial charge < -0.3 is 10.4 Å². The molecule has 1 aromatic rings. The Labute approximate surface area is 89.1 Å². The Kier molecular flexibility index (Phi) is 4.83. The maximum Gasteiger partial charge on any atom is 0.320 e.